The molecule has 0 heterocycles. The van der Waals surface area contributed by atoms with Crippen molar-refractivity contribution in [2.45, 2.75) is 38.9 Å². The lowest BCUT2D eigenvalue weighted by Crippen LogP contribution is -2.37. The first-order chi connectivity index (χ1) is 6.80. The van der Waals surface area contributed by atoms with Crippen LogP contribution >= 0.6 is 11.8 Å². The Balaban J connectivity index is 2.36. The molecule has 3 nitrogen and oxygen atoms in total. The maximum atomic E-state index is 12.2. The molecule has 3 unspecified atom stereocenters. The van der Waals surface area contributed by atoms with Gasteiger partial charge in [-0.15, -0.1) is 0 Å². The zero-order chi connectivity index (χ0) is 11.4. The molecule has 0 spiro atoms. The van der Waals surface area contributed by atoms with E-state index < -0.39 is 0 Å². The number of fused-ring (bicyclic) bond motifs is 2. The van der Waals surface area contributed by atoms with Crippen molar-refractivity contribution in [3.05, 3.63) is 0 Å². The summed E-state index contributed by atoms with van der Waals surface area (Å²) in [5.41, 5.74) is 5.49. The Hall–Kier alpha value is -0.510. The number of nitrogens with two attached hydrogens (primary N) is 1. The van der Waals surface area contributed by atoms with Gasteiger partial charge in [-0.25, -0.2) is 0 Å². The molecule has 2 bridgehead atoms. The average Bonchev–Trinajstić information content (AvgIpc) is 2.39. The molecular formula is C11H18N2OS. The molecule has 0 aromatic carbocycles. The zero-order valence-corrected chi connectivity index (χ0v) is 10.3. The van der Waals surface area contributed by atoms with Crippen LogP contribution < -0.4 is 5.73 Å². The summed E-state index contributed by atoms with van der Waals surface area (Å²) in [7, 11) is 0. The monoisotopic (exact) mass is 226 g/mol. The summed E-state index contributed by atoms with van der Waals surface area (Å²) in [5, 5.41) is 7.31. The third-order valence-corrected chi connectivity index (χ3v) is 5.96. The lowest BCUT2D eigenvalue weighted by Gasteiger charge is -2.37. The molecule has 4 heteroatoms. The molecular weight excluding hydrogens is 208 g/mol. The van der Waals surface area contributed by atoms with Gasteiger partial charge >= 0.3 is 0 Å². The number of ketones is 1. The van der Waals surface area contributed by atoms with Gasteiger partial charge in [0.1, 0.15) is 5.78 Å². The Kier molecular flexibility index (Phi) is 2.20. The highest BCUT2D eigenvalue weighted by atomic mass is 32.2. The van der Waals surface area contributed by atoms with Gasteiger partial charge in [-0.1, -0.05) is 32.5 Å². The fraction of sp³-hybridized carbons (Fsp3) is 0.818. The van der Waals surface area contributed by atoms with Crippen molar-refractivity contribution < 1.29 is 4.79 Å². The van der Waals surface area contributed by atoms with Gasteiger partial charge < -0.3 is 5.73 Å². The fourth-order valence-corrected chi connectivity index (χ4v) is 4.52. The van der Waals surface area contributed by atoms with Crippen LogP contribution in [0.4, 0.5) is 0 Å². The summed E-state index contributed by atoms with van der Waals surface area (Å²) in [6, 6.07) is 0. The summed E-state index contributed by atoms with van der Waals surface area (Å²) in [4.78, 5) is 12.2. The average molecular weight is 226 g/mol. The highest BCUT2D eigenvalue weighted by molar-refractivity contribution is 8.14. The number of carbonyl (C=O) groups excluding carboxylic acids is 1. The predicted octanol–water partition coefficient (Wildman–Crippen LogP) is 2.01. The Morgan fingerprint density at radius 3 is 2.53 bits per heavy atom. The van der Waals surface area contributed by atoms with E-state index in [1.165, 1.54) is 11.8 Å². The van der Waals surface area contributed by atoms with Crippen molar-refractivity contribution in [3.63, 3.8) is 0 Å². The molecule has 0 aliphatic heterocycles. The minimum atomic E-state index is -0.0938. The zero-order valence-electron chi connectivity index (χ0n) is 9.46. The molecule has 0 saturated heterocycles. The molecule has 3 N–H and O–H groups in total. The molecule has 3 atom stereocenters. The minimum absolute atomic E-state index is 0.0189. The molecule has 2 fully saturated rings. The third kappa shape index (κ3) is 1.20. The molecule has 0 amide bonds. The van der Waals surface area contributed by atoms with Gasteiger partial charge in [-0.05, 0) is 23.7 Å². The second-order valence-electron chi connectivity index (χ2n) is 5.49. The van der Waals surface area contributed by atoms with E-state index in [0.717, 1.165) is 12.8 Å². The van der Waals surface area contributed by atoms with Crippen LogP contribution in [0.2, 0.25) is 0 Å². The topological polar surface area (TPSA) is 66.9 Å². The number of hydrogen-bond donors (Lipinski definition) is 2. The van der Waals surface area contributed by atoms with E-state index in [2.05, 4.69) is 20.8 Å². The highest BCUT2D eigenvalue weighted by Crippen LogP contribution is 2.66. The van der Waals surface area contributed by atoms with E-state index in [1.54, 1.807) is 0 Å². The normalized spacial score (nSPS) is 42.2. The van der Waals surface area contributed by atoms with Crippen LogP contribution in [0, 0.1) is 22.2 Å². The van der Waals surface area contributed by atoms with Crippen molar-refractivity contribution in [2.24, 2.45) is 22.5 Å². The van der Waals surface area contributed by atoms with E-state index in [0.29, 0.717) is 5.78 Å². The highest BCUT2D eigenvalue weighted by Gasteiger charge is 2.66. The summed E-state index contributed by atoms with van der Waals surface area (Å²) in [5.74, 6) is 0.494. The van der Waals surface area contributed by atoms with Crippen LogP contribution in [0.5, 0.6) is 0 Å². The number of amidine groups is 1. The van der Waals surface area contributed by atoms with Gasteiger partial charge in [-0.3, -0.25) is 10.2 Å². The summed E-state index contributed by atoms with van der Waals surface area (Å²) in [6.45, 7) is 6.55. The molecule has 0 radical (unpaired) electrons. The molecule has 84 valence electrons. The smallest absolute Gasteiger partial charge is 0.151 e. The van der Waals surface area contributed by atoms with E-state index in [-0.39, 0.29) is 27.2 Å². The van der Waals surface area contributed by atoms with E-state index in [9.17, 15) is 4.79 Å². The summed E-state index contributed by atoms with van der Waals surface area (Å²) < 4.78 is 0. The molecule has 2 aliphatic carbocycles. The Labute approximate surface area is 94.7 Å². The number of carbonyl (C=O) groups is 1. The van der Waals surface area contributed by atoms with Crippen molar-refractivity contribution in [1.82, 2.24) is 0 Å². The van der Waals surface area contributed by atoms with E-state index in [1.807, 2.05) is 0 Å². The van der Waals surface area contributed by atoms with Crippen LogP contribution in [-0.4, -0.2) is 16.2 Å². The van der Waals surface area contributed by atoms with Crippen molar-refractivity contribution in [3.8, 4) is 0 Å². The SMILES string of the molecule is CC1(C)C2CCC1(C)C(SC(=N)N)C2=O. The molecule has 0 aromatic rings. The van der Waals surface area contributed by atoms with E-state index >= 15 is 0 Å². The fourth-order valence-electron chi connectivity index (χ4n) is 3.30. The second-order valence-corrected chi connectivity index (χ2v) is 6.64. The predicted molar refractivity (Wildman–Crippen MR) is 62.9 cm³/mol. The maximum absolute atomic E-state index is 12.2. The number of thioether (sulfide) groups is 1. The van der Waals surface area contributed by atoms with Gasteiger partial charge in [0.2, 0.25) is 0 Å². The van der Waals surface area contributed by atoms with Crippen molar-refractivity contribution in [2.75, 3.05) is 0 Å². The first-order valence-electron chi connectivity index (χ1n) is 5.35. The van der Waals surface area contributed by atoms with Gasteiger partial charge in [0.05, 0.1) is 5.25 Å². The van der Waals surface area contributed by atoms with E-state index in [4.69, 9.17) is 11.1 Å². The van der Waals surface area contributed by atoms with Crippen LogP contribution in [0.1, 0.15) is 33.6 Å². The standard InChI is InChI=1S/C11H18N2OS/c1-10(2)6-4-5-11(10,3)8(7(6)14)15-9(12)13/h6,8H,4-5H2,1-3H3,(H3,12,13). The summed E-state index contributed by atoms with van der Waals surface area (Å²) >= 11 is 1.25. The first-order valence-corrected chi connectivity index (χ1v) is 6.23. The van der Waals surface area contributed by atoms with Gasteiger partial charge in [0.25, 0.3) is 0 Å². The largest absolute Gasteiger partial charge is 0.379 e. The van der Waals surface area contributed by atoms with Crippen LogP contribution in [0.25, 0.3) is 0 Å². The van der Waals surface area contributed by atoms with Crippen LogP contribution in [-0.2, 0) is 4.79 Å². The number of rotatable bonds is 1. The van der Waals surface area contributed by atoms with Gasteiger partial charge in [0, 0.05) is 5.92 Å². The molecule has 0 aromatic heterocycles. The Morgan fingerprint density at radius 1 is 1.53 bits per heavy atom. The quantitative estimate of drug-likeness (QED) is 0.531. The molecule has 2 rings (SSSR count). The molecule has 2 saturated carbocycles. The minimum Gasteiger partial charge on any atom is -0.379 e. The lowest BCUT2D eigenvalue weighted by molar-refractivity contribution is -0.122. The number of hydrogen-bond acceptors (Lipinski definition) is 3. The number of nitrogens with one attached hydrogen (secondary N) is 1. The van der Waals surface area contributed by atoms with Crippen molar-refractivity contribution >= 4 is 22.7 Å². The second kappa shape index (κ2) is 3.00. The van der Waals surface area contributed by atoms with Crippen molar-refractivity contribution in [1.29, 1.82) is 5.41 Å². The van der Waals surface area contributed by atoms with Crippen LogP contribution in [0.3, 0.4) is 0 Å². The third-order valence-electron chi connectivity index (χ3n) is 4.72. The van der Waals surface area contributed by atoms with Gasteiger partial charge in [-0.2, -0.15) is 0 Å². The Morgan fingerprint density at radius 2 is 2.13 bits per heavy atom. The Bertz CT molecular complexity index is 339. The lowest BCUT2D eigenvalue weighted by atomic mass is 9.71. The molecule has 15 heavy (non-hydrogen) atoms. The molecule has 2 aliphatic rings. The van der Waals surface area contributed by atoms with Crippen LogP contribution in [0.15, 0.2) is 0 Å². The number of Topliss-reactive ketones (excluding diaryl/α,β-unsaturated/α-hetero) is 1. The summed E-state index contributed by atoms with van der Waals surface area (Å²) in [6.07, 6.45) is 2.10. The van der Waals surface area contributed by atoms with Gasteiger partial charge in [0.15, 0.2) is 5.17 Å². The maximum Gasteiger partial charge on any atom is 0.151 e. The first kappa shape index (κ1) is 11.0.